The Hall–Kier alpha value is -1.52. The highest BCUT2D eigenvalue weighted by atomic mass is 35.5. The highest BCUT2D eigenvalue weighted by Gasteiger charge is 2.03. The van der Waals surface area contributed by atoms with Crippen molar-refractivity contribution < 1.29 is 8.95 Å². The van der Waals surface area contributed by atoms with Gasteiger partial charge in [0, 0.05) is 10.7 Å². The molecule has 0 bridgehead atoms. The SMILES string of the molecule is COc1ccc(NS(=O)c2ccc(Cl)cc2)cc1. The summed E-state index contributed by atoms with van der Waals surface area (Å²) in [7, 11) is 0.305. The van der Waals surface area contributed by atoms with Gasteiger partial charge in [-0.15, -0.1) is 0 Å². The second-order valence-corrected chi connectivity index (χ2v) is 5.20. The van der Waals surface area contributed by atoms with Crippen molar-refractivity contribution in [2.24, 2.45) is 0 Å². The van der Waals surface area contributed by atoms with E-state index < -0.39 is 11.0 Å². The predicted octanol–water partition coefficient (Wildman–Crippen LogP) is 3.48. The van der Waals surface area contributed by atoms with Crippen LogP contribution in [-0.4, -0.2) is 11.3 Å². The average Bonchev–Trinajstić information content (AvgIpc) is 2.40. The number of halogens is 1. The number of methoxy groups -OCH3 is 1. The number of hydrogen-bond acceptors (Lipinski definition) is 2. The van der Waals surface area contributed by atoms with Crippen molar-refractivity contribution in [3.63, 3.8) is 0 Å². The van der Waals surface area contributed by atoms with E-state index in [0.29, 0.717) is 9.92 Å². The lowest BCUT2D eigenvalue weighted by molar-refractivity contribution is 0.415. The van der Waals surface area contributed by atoms with Crippen molar-refractivity contribution in [2.45, 2.75) is 4.90 Å². The predicted molar refractivity (Wildman–Crippen MR) is 74.5 cm³/mol. The van der Waals surface area contributed by atoms with Crippen molar-refractivity contribution in [1.29, 1.82) is 0 Å². The van der Waals surface area contributed by atoms with E-state index in [-0.39, 0.29) is 0 Å². The molecule has 0 amide bonds. The topological polar surface area (TPSA) is 38.3 Å². The summed E-state index contributed by atoms with van der Waals surface area (Å²) in [5.41, 5.74) is 0.768. The summed E-state index contributed by atoms with van der Waals surface area (Å²) in [6.45, 7) is 0. The smallest absolute Gasteiger partial charge is 0.150 e. The van der Waals surface area contributed by atoms with Crippen LogP contribution < -0.4 is 9.46 Å². The summed E-state index contributed by atoms with van der Waals surface area (Å²) >= 11 is 5.78. The Bertz CT molecular complexity index is 540. The molecule has 0 saturated carbocycles. The molecule has 1 N–H and O–H groups in total. The molecule has 18 heavy (non-hydrogen) atoms. The standard InChI is InChI=1S/C13H12ClNO2S/c1-17-12-6-4-11(5-7-12)15-18(16)13-8-2-10(14)3-9-13/h2-9,15H,1H3. The zero-order valence-electron chi connectivity index (χ0n) is 9.72. The van der Waals surface area contributed by atoms with Crippen molar-refractivity contribution in [3.8, 4) is 5.75 Å². The van der Waals surface area contributed by atoms with Crippen LogP contribution in [0.4, 0.5) is 5.69 Å². The number of nitrogens with one attached hydrogen (secondary N) is 1. The number of ether oxygens (including phenoxy) is 1. The second kappa shape index (κ2) is 5.89. The molecule has 2 rings (SSSR count). The van der Waals surface area contributed by atoms with Gasteiger partial charge in [0.2, 0.25) is 0 Å². The Balaban J connectivity index is 2.08. The number of hydrogen-bond donors (Lipinski definition) is 1. The number of anilines is 1. The first-order chi connectivity index (χ1) is 8.69. The summed E-state index contributed by atoms with van der Waals surface area (Å²) in [5.74, 6) is 0.762. The van der Waals surface area contributed by atoms with Crippen molar-refractivity contribution in [1.82, 2.24) is 0 Å². The van der Waals surface area contributed by atoms with Gasteiger partial charge < -0.3 is 9.46 Å². The molecule has 1 unspecified atom stereocenters. The third kappa shape index (κ3) is 3.24. The maximum Gasteiger partial charge on any atom is 0.150 e. The molecule has 0 fully saturated rings. The quantitative estimate of drug-likeness (QED) is 0.932. The molecule has 0 aliphatic heterocycles. The van der Waals surface area contributed by atoms with Crippen LogP contribution in [-0.2, 0) is 11.0 Å². The summed E-state index contributed by atoms with van der Waals surface area (Å²) in [5, 5.41) is 0.625. The lowest BCUT2D eigenvalue weighted by Gasteiger charge is -2.07. The van der Waals surface area contributed by atoms with Crippen LogP contribution in [0.3, 0.4) is 0 Å². The number of benzene rings is 2. The lowest BCUT2D eigenvalue weighted by Crippen LogP contribution is -2.04. The monoisotopic (exact) mass is 281 g/mol. The summed E-state index contributed by atoms with van der Waals surface area (Å²) < 4.78 is 20.0. The molecule has 0 radical (unpaired) electrons. The van der Waals surface area contributed by atoms with Gasteiger partial charge in [0.25, 0.3) is 0 Å². The van der Waals surface area contributed by atoms with E-state index in [4.69, 9.17) is 16.3 Å². The Morgan fingerprint density at radius 3 is 2.22 bits per heavy atom. The third-order valence-electron chi connectivity index (χ3n) is 2.33. The minimum absolute atomic E-state index is 0.625. The van der Waals surface area contributed by atoms with E-state index >= 15 is 0 Å². The second-order valence-electron chi connectivity index (χ2n) is 3.55. The van der Waals surface area contributed by atoms with Crippen LogP contribution in [0, 0.1) is 0 Å². The summed E-state index contributed by atoms with van der Waals surface area (Å²) in [6, 6.07) is 14.1. The van der Waals surface area contributed by atoms with E-state index in [9.17, 15) is 4.21 Å². The molecule has 1 atom stereocenters. The first kappa shape index (κ1) is 12.9. The lowest BCUT2D eigenvalue weighted by atomic mass is 10.3. The Morgan fingerprint density at radius 2 is 1.67 bits per heavy atom. The van der Waals surface area contributed by atoms with Gasteiger partial charge >= 0.3 is 0 Å². The van der Waals surface area contributed by atoms with E-state index in [1.54, 1.807) is 43.5 Å². The van der Waals surface area contributed by atoms with Gasteiger partial charge in [0.05, 0.1) is 12.0 Å². The highest BCUT2D eigenvalue weighted by molar-refractivity contribution is 7.86. The van der Waals surface area contributed by atoms with Gasteiger partial charge in [-0.1, -0.05) is 11.6 Å². The Morgan fingerprint density at radius 1 is 1.06 bits per heavy atom. The minimum Gasteiger partial charge on any atom is -0.497 e. The van der Waals surface area contributed by atoms with Gasteiger partial charge in [-0.05, 0) is 48.5 Å². The van der Waals surface area contributed by atoms with Crippen LogP contribution >= 0.6 is 11.6 Å². The van der Waals surface area contributed by atoms with Gasteiger partial charge in [-0.25, -0.2) is 4.21 Å². The number of rotatable bonds is 4. The van der Waals surface area contributed by atoms with E-state index in [2.05, 4.69) is 4.72 Å². The molecule has 0 saturated heterocycles. The van der Waals surface area contributed by atoms with Gasteiger partial charge in [-0.3, -0.25) is 0 Å². The molecule has 0 spiro atoms. The highest BCUT2D eigenvalue weighted by Crippen LogP contribution is 2.18. The molecule has 94 valence electrons. The maximum atomic E-state index is 12.0. The molecule has 3 nitrogen and oxygen atoms in total. The molecule has 2 aromatic carbocycles. The Kier molecular flexibility index (Phi) is 4.23. The molecule has 0 aliphatic carbocycles. The molecule has 2 aromatic rings. The largest absolute Gasteiger partial charge is 0.497 e. The molecule has 0 aromatic heterocycles. The first-order valence-corrected chi connectivity index (χ1v) is 6.80. The Labute approximate surface area is 113 Å². The van der Waals surface area contributed by atoms with Crippen LogP contribution in [0.2, 0.25) is 5.02 Å². The van der Waals surface area contributed by atoms with Crippen LogP contribution in [0.5, 0.6) is 5.75 Å². The zero-order valence-corrected chi connectivity index (χ0v) is 11.3. The average molecular weight is 282 g/mol. The van der Waals surface area contributed by atoms with Crippen molar-refractivity contribution in [3.05, 3.63) is 53.6 Å². The van der Waals surface area contributed by atoms with E-state index in [0.717, 1.165) is 11.4 Å². The molecule has 5 heteroatoms. The van der Waals surface area contributed by atoms with Gasteiger partial charge in [0.1, 0.15) is 16.7 Å². The third-order valence-corrected chi connectivity index (χ3v) is 3.70. The van der Waals surface area contributed by atoms with Gasteiger partial charge in [-0.2, -0.15) is 0 Å². The molecule has 0 aliphatic rings. The summed E-state index contributed by atoms with van der Waals surface area (Å²) in [4.78, 5) is 0.676. The van der Waals surface area contributed by atoms with Crippen LogP contribution in [0.25, 0.3) is 0 Å². The van der Waals surface area contributed by atoms with Crippen LogP contribution in [0.15, 0.2) is 53.4 Å². The fraction of sp³-hybridized carbons (Fsp3) is 0.0769. The zero-order chi connectivity index (χ0) is 13.0. The van der Waals surface area contributed by atoms with Crippen molar-refractivity contribution >= 4 is 28.3 Å². The normalized spacial score (nSPS) is 11.9. The van der Waals surface area contributed by atoms with E-state index in [1.165, 1.54) is 0 Å². The van der Waals surface area contributed by atoms with Crippen LogP contribution in [0.1, 0.15) is 0 Å². The van der Waals surface area contributed by atoms with E-state index in [1.807, 2.05) is 12.1 Å². The molecule has 0 heterocycles. The molecular formula is C13H12ClNO2S. The fourth-order valence-electron chi connectivity index (χ4n) is 1.38. The fourth-order valence-corrected chi connectivity index (χ4v) is 2.36. The minimum atomic E-state index is -1.30. The first-order valence-electron chi connectivity index (χ1n) is 5.27. The molecular weight excluding hydrogens is 270 g/mol. The summed E-state index contributed by atoms with van der Waals surface area (Å²) in [6.07, 6.45) is 0. The van der Waals surface area contributed by atoms with Crippen molar-refractivity contribution in [2.75, 3.05) is 11.8 Å². The maximum absolute atomic E-state index is 12.0. The van der Waals surface area contributed by atoms with Gasteiger partial charge in [0.15, 0.2) is 0 Å².